The molecule has 0 aromatic rings. The molecule has 1 aliphatic heterocycles. The van der Waals surface area contributed by atoms with Gasteiger partial charge in [0.15, 0.2) is 0 Å². The van der Waals surface area contributed by atoms with Gasteiger partial charge in [-0.3, -0.25) is 4.90 Å². The minimum atomic E-state index is -0.159. The summed E-state index contributed by atoms with van der Waals surface area (Å²) in [5, 5.41) is 10.2. The number of likely N-dealkylation sites (tertiary alicyclic amines) is 1. The average Bonchev–Trinajstić information content (AvgIpc) is 1.99. The highest BCUT2D eigenvalue weighted by molar-refractivity contribution is 4.90. The number of hydrogen-bond donors (Lipinski definition) is 1. The molecule has 1 heterocycles. The van der Waals surface area contributed by atoms with Crippen molar-refractivity contribution in [3.63, 3.8) is 0 Å². The van der Waals surface area contributed by atoms with Crippen molar-refractivity contribution >= 4 is 0 Å². The SMILES string of the molecule is CC(C)[C@H]1[C@H](C)CN(C(C)(C)C)C[C@@H]1O. The van der Waals surface area contributed by atoms with E-state index in [1.54, 1.807) is 0 Å². The van der Waals surface area contributed by atoms with Crippen LogP contribution >= 0.6 is 0 Å². The van der Waals surface area contributed by atoms with Gasteiger partial charge >= 0.3 is 0 Å². The van der Waals surface area contributed by atoms with Gasteiger partial charge in [-0.1, -0.05) is 20.8 Å². The van der Waals surface area contributed by atoms with Gasteiger partial charge in [0.2, 0.25) is 0 Å². The zero-order valence-electron chi connectivity index (χ0n) is 11.1. The third-order valence-corrected chi connectivity index (χ3v) is 3.74. The van der Waals surface area contributed by atoms with Crippen LogP contribution in [0.25, 0.3) is 0 Å². The maximum atomic E-state index is 10.2. The first kappa shape index (κ1) is 13.0. The Morgan fingerprint density at radius 1 is 1.20 bits per heavy atom. The van der Waals surface area contributed by atoms with Gasteiger partial charge in [0.25, 0.3) is 0 Å². The van der Waals surface area contributed by atoms with Crippen molar-refractivity contribution in [2.24, 2.45) is 17.8 Å². The molecule has 2 nitrogen and oxygen atoms in total. The molecule has 1 aliphatic rings. The van der Waals surface area contributed by atoms with Crippen LogP contribution in [-0.2, 0) is 0 Å². The van der Waals surface area contributed by atoms with E-state index < -0.39 is 0 Å². The molecule has 2 heteroatoms. The minimum absolute atomic E-state index is 0.159. The molecular formula is C13H27NO. The van der Waals surface area contributed by atoms with Gasteiger partial charge in [0, 0.05) is 18.6 Å². The van der Waals surface area contributed by atoms with Crippen molar-refractivity contribution in [3.8, 4) is 0 Å². The summed E-state index contributed by atoms with van der Waals surface area (Å²) in [5.74, 6) is 1.63. The van der Waals surface area contributed by atoms with E-state index in [0.717, 1.165) is 13.1 Å². The summed E-state index contributed by atoms with van der Waals surface area (Å²) >= 11 is 0. The first-order valence-corrected chi connectivity index (χ1v) is 6.16. The Balaban J connectivity index is 2.71. The van der Waals surface area contributed by atoms with Crippen LogP contribution in [0.2, 0.25) is 0 Å². The largest absolute Gasteiger partial charge is 0.391 e. The zero-order valence-corrected chi connectivity index (χ0v) is 11.1. The molecule has 0 aliphatic carbocycles. The van der Waals surface area contributed by atoms with Crippen LogP contribution in [0.1, 0.15) is 41.5 Å². The molecule has 0 radical (unpaired) electrons. The predicted octanol–water partition coefficient (Wildman–Crippen LogP) is 2.37. The van der Waals surface area contributed by atoms with Crippen molar-refractivity contribution in [2.45, 2.75) is 53.2 Å². The number of aliphatic hydroxyl groups excluding tert-OH is 1. The molecule has 0 unspecified atom stereocenters. The summed E-state index contributed by atoms with van der Waals surface area (Å²) in [6.45, 7) is 15.3. The van der Waals surface area contributed by atoms with Crippen molar-refractivity contribution in [2.75, 3.05) is 13.1 Å². The molecule has 0 aromatic heterocycles. The second-order valence-electron chi connectivity index (χ2n) is 6.44. The van der Waals surface area contributed by atoms with E-state index in [1.807, 2.05) is 0 Å². The normalized spacial score (nSPS) is 34.8. The quantitative estimate of drug-likeness (QED) is 0.723. The van der Waals surface area contributed by atoms with Crippen LogP contribution in [0.15, 0.2) is 0 Å². The summed E-state index contributed by atoms with van der Waals surface area (Å²) in [4.78, 5) is 2.40. The van der Waals surface area contributed by atoms with Gasteiger partial charge in [0.05, 0.1) is 6.10 Å². The number of rotatable bonds is 1. The average molecular weight is 213 g/mol. The lowest BCUT2D eigenvalue weighted by Crippen LogP contribution is -2.56. The Morgan fingerprint density at radius 3 is 2.07 bits per heavy atom. The highest BCUT2D eigenvalue weighted by Crippen LogP contribution is 2.32. The number of aliphatic hydroxyl groups is 1. The van der Waals surface area contributed by atoms with Crippen LogP contribution in [0.4, 0.5) is 0 Å². The number of β-amino-alcohol motifs (C(OH)–C–C–N with tert-alkyl or cyclic N) is 1. The van der Waals surface area contributed by atoms with Crippen LogP contribution in [0.3, 0.4) is 0 Å². The maximum absolute atomic E-state index is 10.2. The Morgan fingerprint density at radius 2 is 1.73 bits per heavy atom. The standard InChI is InChI=1S/C13H27NO/c1-9(2)12-10(3)7-14(8-11(12)15)13(4,5)6/h9-12,15H,7-8H2,1-6H3/t10-,11+,12+/m1/s1. The maximum Gasteiger partial charge on any atom is 0.0700 e. The molecule has 1 N–H and O–H groups in total. The molecule has 1 saturated heterocycles. The summed E-state index contributed by atoms with van der Waals surface area (Å²) in [6, 6.07) is 0. The Bertz CT molecular complexity index is 195. The van der Waals surface area contributed by atoms with E-state index in [0.29, 0.717) is 17.8 Å². The van der Waals surface area contributed by atoms with Crippen LogP contribution in [0.5, 0.6) is 0 Å². The minimum Gasteiger partial charge on any atom is -0.391 e. The summed E-state index contributed by atoms with van der Waals surface area (Å²) in [7, 11) is 0. The van der Waals surface area contributed by atoms with E-state index in [9.17, 15) is 5.11 Å². The van der Waals surface area contributed by atoms with Gasteiger partial charge in [-0.15, -0.1) is 0 Å². The van der Waals surface area contributed by atoms with E-state index in [-0.39, 0.29) is 11.6 Å². The molecule has 0 aromatic carbocycles. The molecule has 0 saturated carbocycles. The van der Waals surface area contributed by atoms with Crippen molar-refractivity contribution in [3.05, 3.63) is 0 Å². The number of piperidine rings is 1. The van der Waals surface area contributed by atoms with Crippen LogP contribution < -0.4 is 0 Å². The molecule has 90 valence electrons. The fourth-order valence-corrected chi connectivity index (χ4v) is 2.92. The van der Waals surface area contributed by atoms with Gasteiger partial charge in [-0.05, 0) is 38.5 Å². The first-order chi connectivity index (χ1) is 6.73. The lowest BCUT2D eigenvalue weighted by atomic mass is 9.76. The smallest absolute Gasteiger partial charge is 0.0700 e. The first-order valence-electron chi connectivity index (χ1n) is 6.16. The Hall–Kier alpha value is -0.0800. The van der Waals surface area contributed by atoms with Crippen molar-refractivity contribution in [1.29, 1.82) is 0 Å². The third kappa shape index (κ3) is 2.94. The third-order valence-electron chi connectivity index (χ3n) is 3.74. The van der Waals surface area contributed by atoms with Gasteiger partial charge in [-0.25, -0.2) is 0 Å². The number of nitrogens with zero attached hydrogens (tertiary/aromatic N) is 1. The van der Waals surface area contributed by atoms with Gasteiger partial charge < -0.3 is 5.11 Å². The molecule has 1 rings (SSSR count). The Kier molecular flexibility index (Phi) is 3.83. The van der Waals surface area contributed by atoms with Crippen molar-refractivity contribution in [1.82, 2.24) is 4.90 Å². The summed E-state index contributed by atoms with van der Waals surface area (Å²) in [6.07, 6.45) is -0.159. The summed E-state index contributed by atoms with van der Waals surface area (Å²) < 4.78 is 0. The van der Waals surface area contributed by atoms with Crippen LogP contribution in [0, 0.1) is 17.8 Å². The molecule has 0 amide bonds. The topological polar surface area (TPSA) is 23.5 Å². The highest BCUT2D eigenvalue weighted by atomic mass is 16.3. The van der Waals surface area contributed by atoms with Gasteiger partial charge in [-0.2, -0.15) is 0 Å². The number of hydrogen-bond acceptors (Lipinski definition) is 2. The lowest BCUT2D eigenvalue weighted by molar-refractivity contribution is -0.0580. The molecule has 1 fully saturated rings. The molecule has 3 atom stereocenters. The lowest BCUT2D eigenvalue weighted by Gasteiger charge is -2.47. The second kappa shape index (κ2) is 4.42. The second-order valence-corrected chi connectivity index (χ2v) is 6.44. The van der Waals surface area contributed by atoms with E-state index in [4.69, 9.17) is 0 Å². The highest BCUT2D eigenvalue weighted by Gasteiger charge is 2.38. The summed E-state index contributed by atoms with van der Waals surface area (Å²) in [5.41, 5.74) is 0.178. The predicted molar refractivity (Wildman–Crippen MR) is 64.8 cm³/mol. The molecular weight excluding hydrogens is 186 g/mol. The monoisotopic (exact) mass is 213 g/mol. The zero-order chi connectivity index (χ0) is 11.8. The fraction of sp³-hybridized carbons (Fsp3) is 1.00. The van der Waals surface area contributed by atoms with Gasteiger partial charge in [0.1, 0.15) is 0 Å². The molecule has 15 heavy (non-hydrogen) atoms. The van der Waals surface area contributed by atoms with E-state index >= 15 is 0 Å². The Labute approximate surface area is 94.7 Å². The van der Waals surface area contributed by atoms with E-state index in [2.05, 4.69) is 46.4 Å². The molecule has 0 bridgehead atoms. The molecule has 0 spiro atoms. The fourth-order valence-electron chi connectivity index (χ4n) is 2.92. The van der Waals surface area contributed by atoms with E-state index in [1.165, 1.54) is 0 Å². The van der Waals surface area contributed by atoms with Crippen LogP contribution in [-0.4, -0.2) is 34.7 Å². The van der Waals surface area contributed by atoms with Crippen molar-refractivity contribution < 1.29 is 5.11 Å².